The number of amides is 1. The number of halogens is 2. The van der Waals surface area contributed by atoms with Crippen molar-refractivity contribution in [3.05, 3.63) is 77.2 Å². The number of hydrogen-bond donors (Lipinski definition) is 1. The van der Waals surface area contributed by atoms with E-state index in [0.29, 0.717) is 17.1 Å². The molecule has 3 aromatic rings. The van der Waals surface area contributed by atoms with Gasteiger partial charge in [0.25, 0.3) is 0 Å². The molecule has 1 aromatic heterocycles. The fourth-order valence-electron chi connectivity index (χ4n) is 3.15. The maximum Gasteiger partial charge on any atom is 0.226 e. The first-order valence-electron chi connectivity index (χ1n) is 7.89. The number of nitrogens with zero attached hydrogens (tertiary/aromatic N) is 3. The fourth-order valence-corrected chi connectivity index (χ4v) is 3.15. The van der Waals surface area contributed by atoms with Crippen LogP contribution in [-0.4, -0.2) is 15.5 Å². The van der Waals surface area contributed by atoms with Gasteiger partial charge >= 0.3 is 0 Å². The third kappa shape index (κ3) is 2.71. The van der Waals surface area contributed by atoms with Gasteiger partial charge in [0.2, 0.25) is 5.91 Å². The van der Waals surface area contributed by atoms with Gasteiger partial charge < -0.3 is 5.32 Å². The van der Waals surface area contributed by atoms with Gasteiger partial charge in [0.1, 0.15) is 23.8 Å². The molecule has 2 aromatic carbocycles. The predicted molar refractivity (Wildman–Crippen MR) is 89.7 cm³/mol. The normalized spacial score (nSPS) is 15.9. The molecule has 0 radical (unpaired) electrons. The highest BCUT2D eigenvalue weighted by atomic mass is 19.1. The maximum atomic E-state index is 13.6. The third-order valence-electron chi connectivity index (χ3n) is 4.34. The summed E-state index contributed by atoms with van der Waals surface area (Å²) < 4.78 is 28.6. The molecule has 0 saturated carbocycles. The second-order valence-corrected chi connectivity index (χ2v) is 6.01. The monoisotopic (exact) mass is 350 g/mol. The van der Waals surface area contributed by atoms with Gasteiger partial charge in [0.05, 0.1) is 23.0 Å². The molecule has 1 aliphatic rings. The van der Waals surface area contributed by atoms with E-state index in [4.69, 9.17) is 5.26 Å². The Morgan fingerprint density at radius 3 is 2.50 bits per heavy atom. The van der Waals surface area contributed by atoms with Crippen molar-refractivity contribution in [2.24, 2.45) is 0 Å². The summed E-state index contributed by atoms with van der Waals surface area (Å²) in [5.74, 6) is -1.56. The summed E-state index contributed by atoms with van der Waals surface area (Å²) in [4.78, 5) is 16.6. The fraction of sp³-hybridized carbons (Fsp3) is 0.105. The summed E-state index contributed by atoms with van der Waals surface area (Å²) in [6.07, 6.45) is 1.63. The van der Waals surface area contributed by atoms with E-state index in [1.54, 1.807) is 24.3 Å². The Bertz CT molecular complexity index is 1030. The van der Waals surface area contributed by atoms with Gasteiger partial charge in [0, 0.05) is 18.4 Å². The minimum absolute atomic E-state index is 0.202. The molecule has 1 aliphatic heterocycles. The first kappa shape index (κ1) is 16.0. The van der Waals surface area contributed by atoms with Crippen molar-refractivity contribution < 1.29 is 13.6 Å². The van der Waals surface area contributed by atoms with E-state index in [1.807, 2.05) is 0 Å². The van der Waals surface area contributed by atoms with E-state index >= 15 is 0 Å². The van der Waals surface area contributed by atoms with E-state index in [2.05, 4.69) is 16.4 Å². The Balaban J connectivity index is 1.81. The zero-order valence-electron chi connectivity index (χ0n) is 13.4. The average molecular weight is 350 g/mol. The van der Waals surface area contributed by atoms with Crippen molar-refractivity contribution in [1.82, 2.24) is 9.55 Å². The summed E-state index contributed by atoms with van der Waals surface area (Å²) >= 11 is 0. The lowest BCUT2D eigenvalue weighted by molar-refractivity contribution is -0.116. The van der Waals surface area contributed by atoms with Crippen molar-refractivity contribution >= 4 is 11.7 Å². The molecule has 7 heteroatoms. The molecule has 1 atom stereocenters. The molecular weight excluding hydrogens is 338 g/mol. The number of fused-ring (bicyclic) bond motifs is 1. The number of benzene rings is 2. The standard InChI is InChI=1S/C19H12F2N4O/c20-13-5-14(21)7-15(6-13)25-10-23-18-16(8-17(26)24-19(18)25)12-3-1-11(9-22)2-4-12/h1-7,10,16H,8H2,(H,24,26)/t16-/m1/s1. The number of imidazole rings is 1. The van der Waals surface area contributed by atoms with Gasteiger partial charge in [-0.05, 0) is 29.8 Å². The SMILES string of the molecule is N#Cc1ccc([C@H]2CC(=O)Nc3c2ncn3-c2cc(F)cc(F)c2)cc1. The molecule has 1 N–H and O–H groups in total. The number of nitrogens with one attached hydrogen (secondary N) is 1. The molecule has 0 fully saturated rings. The molecule has 128 valence electrons. The molecule has 4 rings (SSSR count). The Labute approximate surface area is 147 Å². The number of anilines is 1. The van der Waals surface area contributed by atoms with Crippen molar-refractivity contribution in [3.63, 3.8) is 0 Å². The first-order valence-corrected chi connectivity index (χ1v) is 7.89. The van der Waals surface area contributed by atoms with E-state index in [1.165, 1.54) is 23.0 Å². The molecule has 0 aliphatic carbocycles. The van der Waals surface area contributed by atoms with Gasteiger partial charge in [-0.1, -0.05) is 12.1 Å². The number of nitriles is 1. The topological polar surface area (TPSA) is 70.7 Å². The van der Waals surface area contributed by atoms with E-state index < -0.39 is 11.6 Å². The van der Waals surface area contributed by atoms with Gasteiger partial charge in [-0.25, -0.2) is 13.8 Å². The molecule has 5 nitrogen and oxygen atoms in total. The second-order valence-electron chi connectivity index (χ2n) is 6.01. The van der Waals surface area contributed by atoms with Crippen LogP contribution in [0.1, 0.15) is 29.2 Å². The smallest absolute Gasteiger partial charge is 0.226 e. The van der Waals surface area contributed by atoms with E-state index in [-0.39, 0.29) is 23.9 Å². The van der Waals surface area contributed by atoms with Crippen LogP contribution in [0.5, 0.6) is 0 Å². The lowest BCUT2D eigenvalue weighted by atomic mass is 9.89. The van der Waals surface area contributed by atoms with Crippen LogP contribution in [0, 0.1) is 23.0 Å². The average Bonchev–Trinajstić information content (AvgIpc) is 3.04. The van der Waals surface area contributed by atoms with Crippen LogP contribution in [0.2, 0.25) is 0 Å². The van der Waals surface area contributed by atoms with Crippen LogP contribution in [0.15, 0.2) is 48.8 Å². The van der Waals surface area contributed by atoms with Crippen molar-refractivity contribution in [3.8, 4) is 11.8 Å². The predicted octanol–water partition coefficient (Wildman–Crippen LogP) is 3.50. The lowest BCUT2D eigenvalue weighted by Crippen LogP contribution is -2.25. The third-order valence-corrected chi connectivity index (χ3v) is 4.34. The largest absolute Gasteiger partial charge is 0.310 e. The summed E-state index contributed by atoms with van der Waals surface area (Å²) in [7, 11) is 0. The number of carbonyl (C=O) groups excluding carboxylic acids is 1. The Kier molecular flexibility index (Phi) is 3.73. The van der Waals surface area contributed by atoms with Crippen LogP contribution in [0.4, 0.5) is 14.6 Å². The minimum Gasteiger partial charge on any atom is -0.310 e. The highest BCUT2D eigenvalue weighted by molar-refractivity contribution is 5.94. The van der Waals surface area contributed by atoms with Crippen LogP contribution >= 0.6 is 0 Å². The summed E-state index contributed by atoms with van der Waals surface area (Å²) in [6, 6.07) is 12.1. The van der Waals surface area contributed by atoms with E-state index in [0.717, 1.165) is 11.6 Å². The Morgan fingerprint density at radius 2 is 1.85 bits per heavy atom. The highest BCUT2D eigenvalue weighted by Crippen LogP contribution is 2.37. The molecule has 1 amide bonds. The number of hydrogen-bond acceptors (Lipinski definition) is 3. The Hall–Kier alpha value is -3.53. The maximum absolute atomic E-state index is 13.6. The summed E-state index contributed by atoms with van der Waals surface area (Å²) in [6.45, 7) is 0. The van der Waals surface area contributed by atoms with Crippen LogP contribution < -0.4 is 5.32 Å². The lowest BCUT2D eigenvalue weighted by Gasteiger charge is -2.23. The van der Waals surface area contributed by atoms with Gasteiger partial charge in [-0.15, -0.1) is 0 Å². The molecule has 0 spiro atoms. The van der Waals surface area contributed by atoms with Crippen molar-refractivity contribution in [2.75, 3.05) is 5.32 Å². The van der Waals surface area contributed by atoms with E-state index in [9.17, 15) is 13.6 Å². The molecule has 0 bridgehead atoms. The zero-order chi connectivity index (χ0) is 18.3. The van der Waals surface area contributed by atoms with Crippen LogP contribution in [0.25, 0.3) is 5.69 Å². The summed E-state index contributed by atoms with van der Waals surface area (Å²) in [5, 5.41) is 11.7. The molecule has 0 saturated heterocycles. The molecular formula is C19H12F2N4O. The number of aromatic nitrogens is 2. The molecule has 0 unspecified atom stereocenters. The zero-order valence-corrected chi connectivity index (χ0v) is 13.4. The van der Waals surface area contributed by atoms with Gasteiger partial charge in [-0.2, -0.15) is 5.26 Å². The second kappa shape index (κ2) is 6.08. The van der Waals surface area contributed by atoms with Crippen molar-refractivity contribution in [1.29, 1.82) is 5.26 Å². The summed E-state index contributed by atoms with van der Waals surface area (Å²) in [5.41, 5.74) is 2.21. The first-order chi connectivity index (χ1) is 12.5. The van der Waals surface area contributed by atoms with Crippen molar-refractivity contribution in [2.45, 2.75) is 12.3 Å². The quantitative estimate of drug-likeness (QED) is 0.769. The Morgan fingerprint density at radius 1 is 1.15 bits per heavy atom. The van der Waals surface area contributed by atoms with Gasteiger partial charge in [-0.3, -0.25) is 9.36 Å². The van der Waals surface area contributed by atoms with Crippen LogP contribution in [0.3, 0.4) is 0 Å². The molecule has 26 heavy (non-hydrogen) atoms. The van der Waals surface area contributed by atoms with Crippen LogP contribution in [-0.2, 0) is 4.79 Å². The number of carbonyl (C=O) groups is 1. The van der Waals surface area contributed by atoms with Gasteiger partial charge in [0.15, 0.2) is 0 Å². The molecule has 2 heterocycles. The highest BCUT2D eigenvalue weighted by Gasteiger charge is 2.31. The number of rotatable bonds is 2. The minimum atomic E-state index is -0.715.